The van der Waals surface area contributed by atoms with Gasteiger partial charge in [-0.25, -0.2) is 0 Å². The van der Waals surface area contributed by atoms with E-state index in [1.54, 1.807) is 0 Å². The Labute approximate surface area is 59.9 Å². The number of hydrogen-bond acceptors (Lipinski definition) is 2. The van der Waals surface area contributed by atoms with Crippen molar-refractivity contribution in [3.05, 3.63) is 0 Å². The average molecular weight is 152 g/mol. The van der Waals surface area contributed by atoms with Crippen molar-refractivity contribution in [3.8, 4) is 0 Å². The van der Waals surface area contributed by atoms with Crippen LogP contribution >= 0.6 is 12.4 Å². The summed E-state index contributed by atoms with van der Waals surface area (Å²) in [6, 6.07) is -0.282. The third-order valence-electron chi connectivity index (χ3n) is 1.49. The van der Waals surface area contributed by atoms with E-state index in [9.17, 15) is 4.79 Å². The van der Waals surface area contributed by atoms with Crippen LogP contribution in [0.15, 0.2) is 0 Å². The van der Waals surface area contributed by atoms with E-state index >= 15 is 0 Å². The fraction of sp³-hybridized carbons (Fsp3) is 0.800. The number of aliphatic carboxylic acids is 1. The zero-order valence-corrected chi connectivity index (χ0v) is 5.94. The second-order valence-electron chi connectivity index (χ2n) is 2.20. The summed E-state index contributed by atoms with van der Waals surface area (Å²) in [5.41, 5.74) is 0. The maximum Gasteiger partial charge on any atom is 0.321 e. The summed E-state index contributed by atoms with van der Waals surface area (Å²) in [5, 5.41) is 11.1. The van der Waals surface area contributed by atoms with E-state index in [-0.39, 0.29) is 18.4 Å². The van der Waals surface area contributed by atoms with Crippen molar-refractivity contribution >= 4 is 18.4 Å². The van der Waals surface area contributed by atoms with Crippen LogP contribution in [0.1, 0.15) is 6.92 Å². The van der Waals surface area contributed by atoms with E-state index in [0.717, 1.165) is 6.54 Å². The quantitative estimate of drug-likeness (QED) is 0.559. The molecule has 0 aromatic rings. The van der Waals surface area contributed by atoms with Gasteiger partial charge in [0.15, 0.2) is 0 Å². The summed E-state index contributed by atoms with van der Waals surface area (Å²) in [6.45, 7) is 2.77. The van der Waals surface area contributed by atoms with Gasteiger partial charge in [0.1, 0.15) is 6.04 Å². The van der Waals surface area contributed by atoms with E-state index in [2.05, 4.69) is 5.32 Å². The molecule has 9 heavy (non-hydrogen) atoms. The standard InChI is InChI=1S/C5H9NO2.ClH/c1-3-2-6-4(3)5(7)8;/h3-4,6H,2H2,1H3,(H,7,8);1H/t3-,4+;/m1./s1. The summed E-state index contributed by atoms with van der Waals surface area (Å²) in [5.74, 6) is -0.420. The molecule has 1 aliphatic rings. The van der Waals surface area contributed by atoms with Gasteiger partial charge in [-0.05, 0) is 5.92 Å². The Morgan fingerprint density at radius 1 is 1.78 bits per heavy atom. The first-order valence-electron chi connectivity index (χ1n) is 2.68. The number of carboxylic acid groups (broad SMARTS) is 1. The fourth-order valence-corrected chi connectivity index (χ4v) is 0.802. The van der Waals surface area contributed by atoms with Gasteiger partial charge in [-0.3, -0.25) is 4.79 Å². The Kier molecular flexibility index (Phi) is 2.94. The van der Waals surface area contributed by atoms with Crippen LogP contribution in [0.25, 0.3) is 0 Å². The van der Waals surface area contributed by atoms with Crippen LogP contribution in [-0.2, 0) is 4.79 Å². The van der Waals surface area contributed by atoms with Gasteiger partial charge in [-0.15, -0.1) is 12.4 Å². The summed E-state index contributed by atoms with van der Waals surface area (Å²) in [7, 11) is 0. The minimum Gasteiger partial charge on any atom is -0.480 e. The van der Waals surface area contributed by atoms with E-state index in [0.29, 0.717) is 5.92 Å². The zero-order chi connectivity index (χ0) is 6.15. The van der Waals surface area contributed by atoms with Crippen molar-refractivity contribution in [2.24, 2.45) is 5.92 Å². The SMILES string of the molecule is C[C@@H]1CN[C@@H]1C(=O)O.Cl. The molecule has 3 nitrogen and oxygen atoms in total. The van der Waals surface area contributed by atoms with Crippen molar-refractivity contribution in [2.75, 3.05) is 6.54 Å². The van der Waals surface area contributed by atoms with E-state index < -0.39 is 5.97 Å². The third-order valence-corrected chi connectivity index (χ3v) is 1.49. The molecule has 0 amide bonds. The number of nitrogens with one attached hydrogen (secondary N) is 1. The second kappa shape index (κ2) is 3.03. The molecule has 0 aromatic heterocycles. The molecule has 0 aromatic carbocycles. The molecule has 4 heteroatoms. The van der Waals surface area contributed by atoms with Gasteiger partial charge in [0.05, 0.1) is 0 Å². The van der Waals surface area contributed by atoms with Crippen LogP contribution in [0.3, 0.4) is 0 Å². The number of carboxylic acids is 1. The topological polar surface area (TPSA) is 49.3 Å². The van der Waals surface area contributed by atoms with Crippen molar-refractivity contribution in [3.63, 3.8) is 0 Å². The van der Waals surface area contributed by atoms with Crippen molar-refractivity contribution in [2.45, 2.75) is 13.0 Å². The first-order chi connectivity index (χ1) is 3.72. The van der Waals surface area contributed by atoms with E-state index in [4.69, 9.17) is 5.11 Å². The maximum atomic E-state index is 10.1. The zero-order valence-electron chi connectivity index (χ0n) is 5.13. The molecule has 1 saturated heterocycles. The first-order valence-corrected chi connectivity index (χ1v) is 2.68. The molecule has 2 atom stereocenters. The predicted molar refractivity (Wildman–Crippen MR) is 35.8 cm³/mol. The normalized spacial score (nSPS) is 32.1. The van der Waals surface area contributed by atoms with Gasteiger partial charge in [0.2, 0.25) is 0 Å². The Morgan fingerprint density at radius 3 is 2.33 bits per heavy atom. The minimum atomic E-state index is -0.733. The van der Waals surface area contributed by atoms with Crippen LogP contribution in [0, 0.1) is 5.92 Å². The summed E-state index contributed by atoms with van der Waals surface area (Å²) < 4.78 is 0. The van der Waals surface area contributed by atoms with Crippen LogP contribution < -0.4 is 5.32 Å². The lowest BCUT2D eigenvalue weighted by Gasteiger charge is -2.31. The highest BCUT2D eigenvalue weighted by Gasteiger charge is 2.31. The van der Waals surface area contributed by atoms with Gasteiger partial charge < -0.3 is 10.4 Å². The molecular weight excluding hydrogens is 142 g/mol. The highest BCUT2D eigenvalue weighted by atomic mass is 35.5. The maximum absolute atomic E-state index is 10.1. The van der Waals surface area contributed by atoms with Gasteiger partial charge in [-0.2, -0.15) is 0 Å². The number of halogens is 1. The van der Waals surface area contributed by atoms with E-state index in [1.165, 1.54) is 0 Å². The molecule has 0 unspecified atom stereocenters. The molecule has 54 valence electrons. The molecule has 2 N–H and O–H groups in total. The van der Waals surface area contributed by atoms with Crippen LogP contribution in [0.4, 0.5) is 0 Å². The summed E-state index contributed by atoms with van der Waals surface area (Å²) >= 11 is 0. The Balaban J connectivity index is 0.000000640. The lowest BCUT2D eigenvalue weighted by Crippen LogP contribution is -2.55. The monoisotopic (exact) mass is 151 g/mol. The van der Waals surface area contributed by atoms with Crippen LogP contribution in [0.2, 0.25) is 0 Å². The molecular formula is C5H10ClNO2. The highest BCUT2D eigenvalue weighted by Crippen LogP contribution is 2.10. The largest absolute Gasteiger partial charge is 0.480 e. The average Bonchev–Trinajstić information content (AvgIpc) is 1.61. The highest BCUT2D eigenvalue weighted by molar-refractivity contribution is 5.85. The van der Waals surface area contributed by atoms with Gasteiger partial charge >= 0.3 is 5.97 Å². The Hall–Kier alpha value is -0.280. The molecule has 0 radical (unpaired) electrons. The minimum absolute atomic E-state index is 0. The molecule has 0 aliphatic carbocycles. The lowest BCUT2D eigenvalue weighted by molar-refractivity contribution is -0.143. The Bertz CT molecular complexity index is 118. The molecule has 0 spiro atoms. The van der Waals surface area contributed by atoms with Gasteiger partial charge in [0.25, 0.3) is 0 Å². The summed E-state index contributed by atoms with van der Waals surface area (Å²) in [6.07, 6.45) is 0. The molecule has 1 rings (SSSR count). The second-order valence-corrected chi connectivity index (χ2v) is 2.20. The van der Waals surface area contributed by atoms with Crippen molar-refractivity contribution < 1.29 is 9.90 Å². The lowest BCUT2D eigenvalue weighted by atomic mass is 9.94. The molecule has 1 aliphatic heterocycles. The number of carbonyl (C=O) groups is 1. The molecule has 1 fully saturated rings. The number of hydrogen-bond donors (Lipinski definition) is 2. The third kappa shape index (κ3) is 1.56. The van der Waals surface area contributed by atoms with Crippen molar-refractivity contribution in [1.82, 2.24) is 5.32 Å². The first kappa shape index (κ1) is 8.72. The Morgan fingerprint density at radius 2 is 2.33 bits per heavy atom. The smallest absolute Gasteiger partial charge is 0.321 e. The van der Waals surface area contributed by atoms with E-state index in [1.807, 2.05) is 6.92 Å². The molecule has 0 bridgehead atoms. The predicted octanol–water partition coefficient (Wildman–Crippen LogP) is 0.101. The fourth-order valence-electron chi connectivity index (χ4n) is 0.802. The number of rotatable bonds is 1. The van der Waals surface area contributed by atoms with Gasteiger partial charge in [-0.1, -0.05) is 6.92 Å². The van der Waals surface area contributed by atoms with Crippen molar-refractivity contribution in [1.29, 1.82) is 0 Å². The molecule has 0 saturated carbocycles. The molecule has 1 heterocycles. The van der Waals surface area contributed by atoms with Gasteiger partial charge in [0, 0.05) is 6.54 Å². The summed E-state index contributed by atoms with van der Waals surface area (Å²) in [4.78, 5) is 10.1. The van der Waals surface area contributed by atoms with Crippen LogP contribution in [0.5, 0.6) is 0 Å². The van der Waals surface area contributed by atoms with Crippen LogP contribution in [-0.4, -0.2) is 23.7 Å².